The number of ether oxygens (including phenoxy) is 1. The minimum Gasteiger partial charge on any atom is -0.466 e. The van der Waals surface area contributed by atoms with Crippen molar-refractivity contribution < 1.29 is 24.5 Å². The van der Waals surface area contributed by atoms with Gasteiger partial charge in [0.25, 0.3) is 0 Å². The van der Waals surface area contributed by atoms with Gasteiger partial charge in [-0.2, -0.15) is 0 Å². The Balaban J connectivity index is 3.24. The maximum atomic E-state index is 12.5. The molecule has 1 amide bonds. The fraction of sp³-hybridized carbons (Fsp3) is 0.974. The Bertz CT molecular complexity index is 1210. The number of amides is 1. The molecule has 2 atom stereocenters. The van der Waals surface area contributed by atoms with Crippen molar-refractivity contribution in [1.29, 1.82) is 0 Å². The Kier molecular flexibility index (Phi) is 72.3. The summed E-state index contributed by atoms with van der Waals surface area (Å²) in [5.74, 6) is 0.00164. The van der Waals surface area contributed by atoms with Crippen LogP contribution in [-0.4, -0.2) is 47.4 Å². The molecule has 0 aliphatic heterocycles. The lowest BCUT2D eigenvalue weighted by molar-refractivity contribution is -0.143. The normalized spacial score (nSPS) is 12.4. The molecule has 0 fully saturated rings. The van der Waals surface area contributed by atoms with Crippen molar-refractivity contribution in [3.63, 3.8) is 0 Å². The zero-order valence-corrected chi connectivity index (χ0v) is 57.0. The average molecular weight is 1170 g/mol. The number of carbonyl (C=O) groups is 2. The van der Waals surface area contributed by atoms with E-state index in [4.69, 9.17) is 4.74 Å². The number of hydrogen-bond acceptors (Lipinski definition) is 5. The van der Waals surface area contributed by atoms with Gasteiger partial charge in [-0.1, -0.05) is 418 Å². The number of carbonyl (C=O) groups excluding carboxylic acids is 2. The summed E-state index contributed by atoms with van der Waals surface area (Å²) >= 11 is 0. The topological polar surface area (TPSA) is 95.9 Å². The van der Waals surface area contributed by atoms with Gasteiger partial charge in [0.05, 0.1) is 25.4 Å². The molecular weight excluding hydrogens is 1020 g/mol. The van der Waals surface area contributed by atoms with Gasteiger partial charge in [-0.15, -0.1) is 0 Å². The highest BCUT2D eigenvalue weighted by molar-refractivity contribution is 5.76. The summed E-state index contributed by atoms with van der Waals surface area (Å²) in [4.78, 5) is 24.6. The van der Waals surface area contributed by atoms with Crippen LogP contribution in [0.1, 0.15) is 457 Å². The first kappa shape index (κ1) is 81.9. The standard InChI is InChI=1S/C77H153NO5/c1-3-5-7-9-11-13-15-16-17-41-45-48-51-55-59-63-67-71-77(82)83-72-68-64-60-56-52-49-46-43-40-38-36-34-32-30-28-26-24-22-20-18-19-21-23-25-27-29-31-33-35-37-39-42-44-47-50-54-58-62-66-70-76(81)78-74(73-79)75(80)69-65-61-57-53-14-12-10-8-6-4-2/h74-75,79-80H,3-73H2,1-2H3,(H,78,81). The zero-order valence-electron chi connectivity index (χ0n) is 57.0. The van der Waals surface area contributed by atoms with Crippen LogP contribution in [0, 0.1) is 0 Å². The van der Waals surface area contributed by atoms with E-state index in [-0.39, 0.29) is 18.5 Å². The van der Waals surface area contributed by atoms with Gasteiger partial charge in [0.15, 0.2) is 0 Å². The van der Waals surface area contributed by atoms with Crippen LogP contribution in [0.25, 0.3) is 0 Å². The van der Waals surface area contributed by atoms with Gasteiger partial charge in [0.2, 0.25) is 5.91 Å². The minimum absolute atomic E-state index is 0.0276. The van der Waals surface area contributed by atoms with Gasteiger partial charge in [0, 0.05) is 12.8 Å². The third-order valence-electron chi connectivity index (χ3n) is 18.7. The molecule has 0 aromatic heterocycles. The molecule has 0 aromatic carbocycles. The zero-order chi connectivity index (χ0) is 59.9. The van der Waals surface area contributed by atoms with Crippen molar-refractivity contribution >= 4 is 11.9 Å². The molecule has 0 radical (unpaired) electrons. The minimum atomic E-state index is -0.657. The van der Waals surface area contributed by atoms with Crippen molar-refractivity contribution in [3.05, 3.63) is 0 Å². The number of unbranched alkanes of at least 4 members (excludes halogenated alkanes) is 63. The summed E-state index contributed by atoms with van der Waals surface area (Å²) in [7, 11) is 0. The number of nitrogens with one attached hydrogen (secondary N) is 1. The first-order chi connectivity index (χ1) is 41.0. The molecule has 2 unspecified atom stereocenters. The second kappa shape index (κ2) is 73.3. The van der Waals surface area contributed by atoms with E-state index in [1.54, 1.807) is 0 Å². The molecule has 6 heteroatoms. The van der Waals surface area contributed by atoms with Crippen LogP contribution < -0.4 is 5.32 Å². The molecule has 496 valence electrons. The molecule has 83 heavy (non-hydrogen) atoms. The highest BCUT2D eigenvalue weighted by Gasteiger charge is 2.20. The highest BCUT2D eigenvalue weighted by Crippen LogP contribution is 2.20. The summed E-state index contributed by atoms with van der Waals surface area (Å²) in [6.07, 6.45) is 90.7. The van der Waals surface area contributed by atoms with E-state index < -0.39 is 12.1 Å². The second-order valence-electron chi connectivity index (χ2n) is 27.1. The summed E-state index contributed by atoms with van der Waals surface area (Å²) in [5, 5.41) is 23.2. The number of aliphatic hydroxyl groups excluding tert-OH is 2. The molecular formula is C77H153NO5. The van der Waals surface area contributed by atoms with E-state index in [1.807, 2.05) is 0 Å². The van der Waals surface area contributed by atoms with Crippen LogP contribution in [0.4, 0.5) is 0 Å². The maximum Gasteiger partial charge on any atom is 0.305 e. The molecule has 0 aliphatic carbocycles. The van der Waals surface area contributed by atoms with Gasteiger partial charge in [-0.05, 0) is 25.7 Å². The summed E-state index contributed by atoms with van der Waals surface area (Å²) in [6.45, 7) is 4.99. The molecule has 0 heterocycles. The Hall–Kier alpha value is -1.14. The maximum absolute atomic E-state index is 12.5. The van der Waals surface area contributed by atoms with Gasteiger partial charge in [0.1, 0.15) is 0 Å². The molecule has 0 rings (SSSR count). The Morgan fingerprint density at radius 2 is 0.494 bits per heavy atom. The fourth-order valence-corrected chi connectivity index (χ4v) is 12.8. The van der Waals surface area contributed by atoms with Crippen LogP contribution in [0.5, 0.6) is 0 Å². The van der Waals surface area contributed by atoms with Gasteiger partial charge < -0.3 is 20.3 Å². The lowest BCUT2D eigenvalue weighted by atomic mass is 10.0. The predicted molar refractivity (Wildman–Crippen MR) is 366 cm³/mol. The van der Waals surface area contributed by atoms with Crippen molar-refractivity contribution in [2.24, 2.45) is 0 Å². The van der Waals surface area contributed by atoms with E-state index >= 15 is 0 Å². The molecule has 6 nitrogen and oxygen atoms in total. The smallest absolute Gasteiger partial charge is 0.305 e. The lowest BCUT2D eigenvalue weighted by Gasteiger charge is -2.22. The predicted octanol–water partition coefficient (Wildman–Crippen LogP) is 25.3. The van der Waals surface area contributed by atoms with Crippen molar-refractivity contribution in [2.75, 3.05) is 13.2 Å². The van der Waals surface area contributed by atoms with Crippen LogP contribution >= 0.6 is 0 Å². The third kappa shape index (κ3) is 69.8. The van der Waals surface area contributed by atoms with Crippen LogP contribution in [0.2, 0.25) is 0 Å². The van der Waals surface area contributed by atoms with Crippen molar-refractivity contribution in [1.82, 2.24) is 5.32 Å². The number of hydrogen-bond donors (Lipinski definition) is 3. The van der Waals surface area contributed by atoms with E-state index in [0.717, 1.165) is 38.5 Å². The summed E-state index contributed by atoms with van der Waals surface area (Å²) < 4.78 is 5.52. The van der Waals surface area contributed by atoms with Crippen LogP contribution in [-0.2, 0) is 14.3 Å². The van der Waals surface area contributed by atoms with Crippen molar-refractivity contribution in [3.8, 4) is 0 Å². The quantitative estimate of drug-likeness (QED) is 0.0417. The highest BCUT2D eigenvalue weighted by atomic mass is 16.5. The first-order valence-electron chi connectivity index (χ1n) is 38.8. The lowest BCUT2D eigenvalue weighted by Crippen LogP contribution is -2.45. The number of esters is 1. The first-order valence-corrected chi connectivity index (χ1v) is 38.8. The fourth-order valence-electron chi connectivity index (χ4n) is 12.8. The Morgan fingerprint density at radius 1 is 0.289 bits per heavy atom. The van der Waals surface area contributed by atoms with E-state index in [0.29, 0.717) is 25.9 Å². The monoisotopic (exact) mass is 1170 g/mol. The van der Waals surface area contributed by atoms with Gasteiger partial charge in [-0.3, -0.25) is 9.59 Å². The van der Waals surface area contributed by atoms with Crippen LogP contribution in [0.3, 0.4) is 0 Å². The summed E-state index contributed by atoms with van der Waals surface area (Å²) in [5.41, 5.74) is 0. The average Bonchev–Trinajstić information content (AvgIpc) is 3.50. The SMILES string of the molecule is CCCCCCCCCCCCCCCCCCCC(=O)OCCCCCCCCCCCCCCCCCCCCCCCCCCCCCCCCCCCCCCCCCC(=O)NC(CO)C(O)CCCCCCCCCCCC. The van der Waals surface area contributed by atoms with E-state index in [1.165, 1.54) is 385 Å². The second-order valence-corrected chi connectivity index (χ2v) is 27.1. The number of aliphatic hydroxyl groups is 2. The molecule has 0 saturated carbocycles. The molecule has 0 aromatic rings. The Labute approximate surface area is 521 Å². The molecule has 0 spiro atoms. The van der Waals surface area contributed by atoms with Gasteiger partial charge in [-0.25, -0.2) is 0 Å². The molecule has 0 bridgehead atoms. The Morgan fingerprint density at radius 3 is 0.735 bits per heavy atom. The van der Waals surface area contributed by atoms with Crippen LogP contribution in [0.15, 0.2) is 0 Å². The summed E-state index contributed by atoms with van der Waals surface area (Å²) in [6, 6.07) is -0.534. The molecule has 0 aliphatic rings. The van der Waals surface area contributed by atoms with E-state index in [9.17, 15) is 19.8 Å². The van der Waals surface area contributed by atoms with Crippen molar-refractivity contribution in [2.45, 2.75) is 469 Å². The number of rotatable bonds is 74. The molecule has 0 saturated heterocycles. The molecule has 3 N–H and O–H groups in total. The third-order valence-corrected chi connectivity index (χ3v) is 18.7. The largest absolute Gasteiger partial charge is 0.466 e. The van der Waals surface area contributed by atoms with Gasteiger partial charge >= 0.3 is 5.97 Å². The van der Waals surface area contributed by atoms with E-state index in [2.05, 4.69) is 19.2 Å².